The van der Waals surface area contributed by atoms with Gasteiger partial charge in [0.1, 0.15) is 0 Å². The van der Waals surface area contributed by atoms with E-state index in [9.17, 15) is 4.79 Å². The fourth-order valence-electron chi connectivity index (χ4n) is 3.98. The van der Waals surface area contributed by atoms with E-state index in [4.69, 9.17) is 4.74 Å². The summed E-state index contributed by atoms with van der Waals surface area (Å²) in [6.45, 7) is 2.62. The van der Waals surface area contributed by atoms with Crippen molar-refractivity contribution in [1.29, 1.82) is 0 Å². The normalized spacial score (nSPS) is 23.0. The van der Waals surface area contributed by atoms with Crippen molar-refractivity contribution in [3.05, 3.63) is 0 Å². The maximum Gasteiger partial charge on any atom is 0.222 e. The minimum atomic E-state index is 0.208. The molecule has 0 N–H and O–H groups in total. The number of methoxy groups -OCH3 is 1. The lowest BCUT2D eigenvalue weighted by Crippen LogP contribution is -2.54. The molecule has 0 unspecified atom stereocenters. The molecule has 0 spiro atoms. The Balaban J connectivity index is 1.84. The van der Waals surface area contributed by atoms with Gasteiger partial charge >= 0.3 is 0 Å². The SMILES string of the molecule is COCCC1(N(C)C)CCN(C(=O)CC2CCCC2)CC1. The molecule has 122 valence electrons. The molecule has 4 nitrogen and oxygen atoms in total. The number of rotatable bonds is 6. The van der Waals surface area contributed by atoms with E-state index in [0.29, 0.717) is 11.8 Å². The fourth-order valence-corrected chi connectivity index (χ4v) is 3.98. The van der Waals surface area contributed by atoms with E-state index in [0.717, 1.165) is 45.4 Å². The van der Waals surface area contributed by atoms with E-state index in [1.54, 1.807) is 7.11 Å². The van der Waals surface area contributed by atoms with Crippen molar-refractivity contribution in [3.8, 4) is 0 Å². The Labute approximate surface area is 129 Å². The third-order valence-electron chi connectivity index (χ3n) is 5.71. The van der Waals surface area contributed by atoms with Gasteiger partial charge in [-0.15, -0.1) is 0 Å². The standard InChI is InChI=1S/C17H32N2O2/c1-18(2)17(10-13-21-3)8-11-19(12-9-17)16(20)14-15-6-4-5-7-15/h15H,4-14H2,1-3H3. The number of piperidine rings is 1. The summed E-state index contributed by atoms with van der Waals surface area (Å²) in [6.07, 6.45) is 9.13. The summed E-state index contributed by atoms with van der Waals surface area (Å²) in [5, 5.41) is 0. The van der Waals surface area contributed by atoms with Crippen LogP contribution in [0.2, 0.25) is 0 Å². The first-order valence-electron chi connectivity index (χ1n) is 8.51. The lowest BCUT2D eigenvalue weighted by atomic mass is 9.83. The van der Waals surface area contributed by atoms with Crippen molar-refractivity contribution in [2.75, 3.05) is 40.9 Å². The predicted octanol–water partition coefficient (Wildman–Crippen LogP) is 2.53. The van der Waals surface area contributed by atoms with Gasteiger partial charge in [-0.1, -0.05) is 12.8 Å². The average Bonchev–Trinajstić information content (AvgIpc) is 2.98. The number of hydrogen-bond acceptors (Lipinski definition) is 3. The highest BCUT2D eigenvalue weighted by atomic mass is 16.5. The minimum Gasteiger partial charge on any atom is -0.385 e. The van der Waals surface area contributed by atoms with Gasteiger partial charge in [0.15, 0.2) is 0 Å². The number of carbonyl (C=O) groups excluding carboxylic acids is 1. The summed E-state index contributed by atoms with van der Waals surface area (Å²) in [5.74, 6) is 1.05. The lowest BCUT2D eigenvalue weighted by molar-refractivity contribution is -0.135. The molecule has 4 heteroatoms. The molecule has 0 radical (unpaired) electrons. The highest BCUT2D eigenvalue weighted by Gasteiger charge is 2.37. The monoisotopic (exact) mass is 296 g/mol. The van der Waals surface area contributed by atoms with Gasteiger partial charge < -0.3 is 14.5 Å². The number of amides is 1. The van der Waals surface area contributed by atoms with E-state index < -0.39 is 0 Å². The highest BCUT2D eigenvalue weighted by molar-refractivity contribution is 5.76. The van der Waals surface area contributed by atoms with Crippen molar-refractivity contribution in [3.63, 3.8) is 0 Å². The molecule has 2 rings (SSSR count). The van der Waals surface area contributed by atoms with Crippen LogP contribution in [0.1, 0.15) is 51.4 Å². The van der Waals surface area contributed by atoms with Gasteiger partial charge in [0.2, 0.25) is 5.91 Å². The van der Waals surface area contributed by atoms with Crippen LogP contribution in [0.3, 0.4) is 0 Å². The Morgan fingerprint density at radius 3 is 2.38 bits per heavy atom. The first-order valence-corrected chi connectivity index (χ1v) is 8.51. The number of hydrogen-bond donors (Lipinski definition) is 0. The second-order valence-electron chi connectivity index (χ2n) is 7.10. The molecule has 1 saturated carbocycles. The Bertz CT molecular complexity index is 330. The van der Waals surface area contributed by atoms with Gasteiger partial charge in [-0.2, -0.15) is 0 Å². The molecule has 0 bridgehead atoms. The Morgan fingerprint density at radius 1 is 1.24 bits per heavy atom. The average molecular weight is 296 g/mol. The zero-order chi connectivity index (χ0) is 15.3. The van der Waals surface area contributed by atoms with E-state index in [1.165, 1.54) is 25.7 Å². The topological polar surface area (TPSA) is 32.8 Å². The molecule has 1 saturated heterocycles. The summed E-state index contributed by atoms with van der Waals surface area (Å²) in [4.78, 5) is 16.9. The number of carbonyl (C=O) groups is 1. The van der Waals surface area contributed by atoms with Crippen molar-refractivity contribution in [2.45, 2.75) is 56.9 Å². The summed E-state index contributed by atoms with van der Waals surface area (Å²) in [6, 6.07) is 0. The molecular weight excluding hydrogens is 264 g/mol. The van der Waals surface area contributed by atoms with Gasteiger partial charge in [0, 0.05) is 38.8 Å². The lowest BCUT2D eigenvalue weighted by Gasteiger charge is -2.46. The van der Waals surface area contributed by atoms with Crippen molar-refractivity contribution >= 4 is 5.91 Å². The van der Waals surface area contributed by atoms with Crippen molar-refractivity contribution in [2.24, 2.45) is 5.92 Å². The first-order chi connectivity index (χ1) is 10.1. The van der Waals surface area contributed by atoms with Crippen LogP contribution in [0, 0.1) is 5.92 Å². The molecule has 2 fully saturated rings. The maximum atomic E-state index is 12.4. The second kappa shape index (κ2) is 7.59. The van der Waals surface area contributed by atoms with E-state index in [-0.39, 0.29) is 5.54 Å². The first kappa shape index (κ1) is 16.8. The van der Waals surface area contributed by atoms with Gasteiger partial charge in [-0.25, -0.2) is 0 Å². The molecule has 1 aliphatic heterocycles. The zero-order valence-corrected chi connectivity index (χ0v) is 14.1. The molecule has 21 heavy (non-hydrogen) atoms. The van der Waals surface area contributed by atoms with Crippen LogP contribution in [0.15, 0.2) is 0 Å². The quantitative estimate of drug-likeness (QED) is 0.755. The molecule has 1 heterocycles. The minimum absolute atomic E-state index is 0.208. The van der Waals surface area contributed by atoms with Crippen LogP contribution < -0.4 is 0 Å². The molecule has 2 aliphatic rings. The van der Waals surface area contributed by atoms with Crippen LogP contribution in [-0.4, -0.2) is 62.1 Å². The molecular formula is C17H32N2O2. The van der Waals surface area contributed by atoms with Crippen LogP contribution >= 0.6 is 0 Å². The Kier molecular flexibility index (Phi) is 6.06. The number of ether oxygens (including phenoxy) is 1. The van der Waals surface area contributed by atoms with E-state index in [2.05, 4.69) is 23.9 Å². The summed E-state index contributed by atoms with van der Waals surface area (Å²) < 4.78 is 5.28. The van der Waals surface area contributed by atoms with Crippen molar-refractivity contribution < 1.29 is 9.53 Å². The number of nitrogens with zero attached hydrogens (tertiary/aromatic N) is 2. The molecule has 0 aromatic rings. The van der Waals surface area contributed by atoms with Crippen molar-refractivity contribution in [1.82, 2.24) is 9.80 Å². The van der Waals surface area contributed by atoms with E-state index in [1.807, 2.05) is 0 Å². The maximum absolute atomic E-state index is 12.4. The third kappa shape index (κ3) is 4.19. The fraction of sp³-hybridized carbons (Fsp3) is 0.941. The summed E-state index contributed by atoms with van der Waals surface area (Å²) in [5.41, 5.74) is 0.208. The van der Waals surface area contributed by atoms with Gasteiger partial charge in [-0.3, -0.25) is 4.79 Å². The Morgan fingerprint density at radius 2 is 1.86 bits per heavy atom. The highest BCUT2D eigenvalue weighted by Crippen LogP contribution is 2.32. The Hall–Kier alpha value is -0.610. The molecule has 0 aromatic heterocycles. The van der Waals surface area contributed by atoms with Crippen LogP contribution in [0.4, 0.5) is 0 Å². The molecule has 0 atom stereocenters. The summed E-state index contributed by atoms with van der Waals surface area (Å²) in [7, 11) is 6.08. The number of likely N-dealkylation sites (tertiary alicyclic amines) is 1. The van der Waals surface area contributed by atoms with E-state index >= 15 is 0 Å². The third-order valence-corrected chi connectivity index (χ3v) is 5.71. The largest absolute Gasteiger partial charge is 0.385 e. The molecule has 1 amide bonds. The van der Waals surface area contributed by atoms with Gasteiger partial charge in [-0.05, 0) is 52.1 Å². The molecule has 1 aliphatic carbocycles. The smallest absolute Gasteiger partial charge is 0.222 e. The second-order valence-corrected chi connectivity index (χ2v) is 7.10. The predicted molar refractivity (Wildman–Crippen MR) is 85.3 cm³/mol. The summed E-state index contributed by atoms with van der Waals surface area (Å²) >= 11 is 0. The van der Waals surface area contributed by atoms with Gasteiger partial charge in [0.05, 0.1) is 0 Å². The molecule has 0 aromatic carbocycles. The van der Waals surface area contributed by atoms with Gasteiger partial charge in [0.25, 0.3) is 0 Å². The van der Waals surface area contributed by atoms with Crippen LogP contribution in [0.5, 0.6) is 0 Å². The van der Waals surface area contributed by atoms with Crippen LogP contribution in [0.25, 0.3) is 0 Å². The zero-order valence-electron chi connectivity index (χ0n) is 14.1. The van der Waals surface area contributed by atoms with Crippen LogP contribution in [-0.2, 0) is 9.53 Å².